The second kappa shape index (κ2) is 48.6. The van der Waals surface area contributed by atoms with Crippen molar-refractivity contribution in [1.82, 2.24) is 0 Å². The third kappa shape index (κ3) is 46.8. The molecule has 6 heteroatoms. The van der Waals surface area contributed by atoms with E-state index in [1.165, 1.54) is 180 Å². The molecule has 0 fully saturated rings. The highest BCUT2D eigenvalue weighted by Gasteiger charge is 2.19. The monoisotopic (exact) mass is 831 g/mol. The van der Waals surface area contributed by atoms with Gasteiger partial charge in [0, 0.05) is 19.3 Å². The van der Waals surface area contributed by atoms with E-state index in [0.29, 0.717) is 19.3 Å². The SMILES string of the molecule is CCCCC/C=C\C=C/CCCCCCCCCCCCC(=O)OCC(COC(=O)CCCCCCCCCCCCC)OC(=O)CCCCCCCCCCCCC. The van der Waals surface area contributed by atoms with Crippen LogP contribution in [0.2, 0.25) is 0 Å². The zero-order valence-electron chi connectivity index (χ0n) is 39.5. The molecule has 1 unspecified atom stereocenters. The standard InChI is InChI=1S/C53H98O6/c1-4-7-10-13-16-19-22-23-24-25-26-27-28-29-32-34-37-40-43-46-52(55)58-49-50(59-53(56)47-44-41-38-35-31-21-18-15-12-9-6-3)48-57-51(54)45-42-39-36-33-30-20-17-14-11-8-5-2/h16,19,22-23,50H,4-15,17-18,20-21,24-49H2,1-3H3/b19-16-,23-22-. The second-order valence-electron chi connectivity index (χ2n) is 17.5. The van der Waals surface area contributed by atoms with Crippen LogP contribution in [-0.2, 0) is 28.6 Å². The van der Waals surface area contributed by atoms with Crippen LogP contribution in [-0.4, -0.2) is 37.2 Å². The molecule has 0 spiro atoms. The molecule has 0 N–H and O–H groups in total. The van der Waals surface area contributed by atoms with E-state index in [0.717, 1.165) is 57.8 Å². The summed E-state index contributed by atoms with van der Waals surface area (Å²) in [4.78, 5) is 37.9. The summed E-state index contributed by atoms with van der Waals surface area (Å²) in [5.41, 5.74) is 0. The van der Waals surface area contributed by atoms with Gasteiger partial charge in [-0.3, -0.25) is 14.4 Å². The summed E-state index contributed by atoms with van der Waals surface area (Å²) in [6.45, 7) is 6.62. The molecule has 0 saturated carbocycles. The van der Waals surface area contributed by atoms with Gasteiger partial charge in [-0.2, -0.15) is 0 Å². The average Bonchev–Trinajstić information content (AvgIpc) is 3.23. The quantitative estimate of drug-likeness (QED) is 0.0263. The van der Waals surface area contributed by atoms with Gasteiger partial charge in [-0.05, 0) is 44.9 Å². The van der Waals surface area contributed by atoms with Gasteiger partial charge in [0.2, 0.25) is 0 Å². The molecule has 59 heavy (non-hydrogen) atoms. The van der Waals surface area contributed by atoms with Gasteiger partial charge in [0.1, 0.15) is 13.2 Å². The Morgan fingerprint density at radius 3 is 0.932 bits per heavy atom. The Bertz CT molecular complexity index is 958. The molecular weight excluding hydrogens is 733 g/mol. The van der Waals surface area contributed by atoms with Crippen molar-refractivity contribution in [2.24, 2.45) is 0 Å². The van der Waals surface area contributed by atoms with Crippen molar-refractivity contribution in [2.75, 3.05) is 13.2 Å². The first-order chi connectivity index (χ1) is 29.0. The number of ether oxygens (including phenoxy) is 3. The van der Waals surface area contributed by atoms with E-state index < -0.39 is 6.10 Å². The first-order valence-electron chi connectivity index (χ1n) is 25.9. The summed E-state index contributed by atoms with van der Waals surface area (Å²) in [7, 11) is 0. The lowest BCUT2D eigenvalue weighted by molar-refractivity contribution is -0.167. The average molecular weight is 831 g/mol. The lowest BCUT2D eigenvalue weighted by Crippen LogP contribution is -2.30. The van der Waals surface area contributed by atoms with Crippen molar-refractivity contribution >= 4 is 17.9 Å². The first-order valence-corrected chi connectivity index (χ1v) is 25.9. The highest BCUT2D eigenvalue weighted by molar-refractivity contribution is 5.71. The molecule has 0 bridgehead atoms. The Hall–Kier alpha value is -2.11. The number of unbranched alkanes of at least 4 members (excludes halogenated alkanes) is 33. The number of esters is 3. The Morgan fingerprint density at radius 2 is 0.593 bits per heavy atom. The molecule has 1 atom stereocenters. The zero-order chi connectivity index (χ0) is 43.0. The molecule has 346 valence electrons. The highest BCUT2D eigenvalue weighted by atomic mass is 16.6. The van der Waals surface area contributed by atoms with Gasteiger partial charge in [0.15, 0.2) is 6.10 Å². The van der Waals surface area contributed by atoms with Crippen molar-refractivity contribution in [3.8, 4) is 0 Å². The van der Waals surface area contributed by atoms with E-state index in [9.17, 15) is 14.4 Å². The molecular formula is C53H98O6. The van der Waals surface area contributed by atoms with E-state index in [1.807, 2.05) is 0 Å². The van der Waals surface area contributed by atoms with E-state index in [1.54, 1.807) is 0 Å². The maximum absolute atomic E-state index is 12.7. The molecule has 0 saturated heterocycles. The molecule has 0 rings (SSSR count). The number of carbonyl (C=O) groups is 3. The number of hydrogen-bond donors (Lipinski definition) is 0. The van der Waals surface area contributed by atoms with Gasteiger partial charge in [-0.25, -0.2) is 0 Å². The molecule has 0 aliphatic carbocycles. The van der Waals surface area contributed by atoms with Gasteiger partial charge in [-0.15, -0.1) is 0 Å². The van der Waals surface area contributed by atoms with Crippen LogP contribution in [0.25, 0.3) is 0 Å². The minimum absolute atomic E-state index is 0.0674. The van der Waals surface area contributed by atoms with Gasteiger partial charge >= 0.3 is 17.9 Å². The molecule has 0 aliphatic heterocycles. The molecule has 6 nitrogen and oxygen atoms in total. The predicted molar refractivity (Wildman–Crippen MR) is 252 cm³/mol. The lowest BCUT2D eigenvalue weighted by atomic mass is 10.1. The van der Waals surface area contributed by atoms with Crippen LogP contribution in [0.5, 0.6) is 0 Å². The molecule has 0 aromatic heterocycles. The third-order valence-corrected chi connectivity index (χ3v) is 11.5. The van der Waals surface area contributed by atoms with Crippen LogP contribution in [0.15, 0.2) is 24.3 Å². The Kier molecular flexibility index (Phi) is 46.8. The van der Waals surface area contributed by atoms with Crippen LogP contribution < -0.4 is 0 Å². The van der Waals surface area contributed by atoms with Crippen molar-refractivity contribution in [1.29, 1.82) is 0 Å². The predicted octanol–water partition coefficient (Wildman–Crippen LogP) is 16.8. The largest absolute Gasteiger partial charge is 0.462 e. The van der Waals surface area contributed by atoms with Crippen LogP contribution in [0.4, 0.5) is 0 Å². The third-order valence-electron chi connectivity index (χ3n) is 11.5. The summed E-state index contributed by atoms with van der Waals surface area (Å²) in [6, 6.07) is 0. The van der Waals surface area contributed by atoms with Crippen LogP contribution in [0.1, 0.15) is 278 Å². The Morgan fingerprint density at radius 1 is 0.339 bits per heavy atom. The second-order valence-corrected chi connectivity index (χ2v) is 17.5. The Labute approximate surface area is 366 Å². The van der Waals surface area contributed by atoms with E-state index in [2.05, 4.69) is 45.1 Å². The van der Waals surface area contributed by atoms with Crippen LogP contribution in [0.3, 0.4) is 0 Å². The number of allylic oxidation sites excluding steroid dienone is 4. The number of hydrogen-bond acceptors (Lipinski definition) is 6. The fraction of sp³-hybridized carbons (Fsp3) is 0.868. The van der Waals surface area contributed by atoms with Crippen molar-refractivity contribution in [3.63, 3.8) is 0 Å². The van der Waals surface area contributed by atoms with Crippen LogP contribution >= 0.6 is 0 Å². The molecule has 0 radical (unpaired) electrons. The number of rotatable bonds is 47. The van der Waals surface area contributed by atoms with E-state index >= 15 is 0 Å². The molecule has 0 aromatic rings. The summed E-state index contributed by atoms with van der Waals surface area (Å²) in [5.74, 6) is -0.860. The molecule has 0 heterocycles. The summed E-state index contributed by atoms with van der Waals surface area (Å²) in [5, 5.41) is 0. The molecule has 0 aromatic carbocycles. The van der Waals surface area contributed by atoms with Gasteiger partial charge in [-0.1, -0.05) is 238 Å². The Balaban J connectivity index is 4.27. The van der Waals surface area contributed by atoms with Crippen molar-refractivity contribution in [3.05, 3.63) is 24.3 Å². The highest BCUT2D eigenvalue weighted by Crippen LogP contribution is 2.16. The van der Waals surface area contributed by atoms with Crippen molar-refractivity contribution in [2.45, 2.75) is 284 Å². The topological polar surface area (TPSA) is 78.9 Å². The van der Waals surface area contributed by atoms with E-state index in [-0.39, 0.29) is 31.1 Å². The first kappa shape index (κ1) is 56.9. The van der Waals surface area contributed by atoms with Gasteiger partial charge < -0.3 is 14.2 Å². The normalized spacial score (nSPS) is 12.1. The summed E-state index contributed by atoms with van der Waals surface area (Å²) in [6.07, 6.45) is 54.4. The van der Waals surface area contributed by atoms with E-state index in [4.69, 9.17) is 14.2 Å². The minimum atomic E-state index is -0.765. The van der Waals surface area contributed by atoms with Crippen molar-refractivity contribution < 1.29 is 28.6 Å². The smallest absolute Gasteiger partial charge is 0.306 e. The maximum Gasteiger partial charge on any atom is 0.306 e. The fourth-order valence-corrected chi connectivity index (χ4v) is 7.55. The van der Waals surface area contributed by atoms with Gasteiger partial charge in [0.25, 0.3) is 0 Å². The minimum Gasteiger partial charge on any atom is -0.462 e. The fourth-order valence-electron chi connectivity index (χ4n) is 7.55. The van der Waals surface area contributed by atoms with Gasteiger partial charge in [0.05, 0.1) is 0 Å². The van der Waals surface area contributed by atoms with Crippen LogP contribution in [0, 0.1) is 0 Å². The molecule has 0 amide bonds. The number of carbonyl (C=O) groups excluding carboxylic acids is 3. The summed E-state index contributed by atoms with van der Waals surface area (Å²) < 4.78 is 16.8. The zero-order valence-corrected chi connectivity index (χ0v) is 39.5. The summed E-state index contributed by atoms with van der Waals surface area (Å²) >= 11 is 0. The molecule has 0 aliphatic rings. The lowest BCUT2D eigenvalue weighted by Gasteiger charge is -2.18. The maximum atomic E-state index is 12.7.